The van der Waals surface area contributed by atoms with Gasteiger partial charge in [0, 0.05) is 12.5 Å². The smallest absolute Gasteiger partial charge is 0.223 e. The molecular weight excluding hydrogens is 319 g/mol. The molecular formula is C17H24ClFN2O2. The maximum atomic E-state index is 13.8. The van der Waals surface area contributed by atoms with Crippen molar-refractivity contribution in [3.05, 3.63) is 29.6 Å². The summed E-state index contributed by atoms with van der Waals surface area (Å²) in [6.07, 6.45) is 3.17. The van der Waals surface area contributed by atoms with Crippen molar-refractivity contribution in [3.8, 4) is 5.75 Å². The van der Waals surface area contributed by atoms with Gasteiger partial charge in [-0.1, -0.05) is 6.07 Å². The van der Waals surface area contributed by atoms with Gasteiger partial charge >= 0.3 is 0 Å². The van der Waals surface area contributed by atoms with E-state index in [1.54, 1.807) is 12.1 Å². The molecule has 1 spiro atoms. The lowest BCUT2D eigenvalue weighted by atomic mass is 9.92. The van der Waals surface area contributed by atoms with Gasteiger partial charge in [0.2, 0.25) is 5.91 Å². The molecule has 23 heavy (non-hydrogen) atoms. The number of halogens is 2. The van der Waals surface area contributed by atoms with Gasteiger partial charge in [0.15, 0.2) is 11.6 Å². The Morgan fingerprint density at radius 1 is 1.43 bits per heavy atom. The van der Waals surface area contributed by atoms with Crippen LogP contribution in [0.4, 0.5) is 4.39 Å². The van der Waals surface area contributed by atoms with Gasteiger partial charge in [-0.15, -0.1) is 12.4 Å². The van der Waals surface area contributed by atoms with Crippen molar-refractivity contribution in [2.45, 2.75) is 32.7 Å². The molecule has 2 N–H and O–H groups in total. The maximum absolute atomic E-state index is 13.8. The summed E-state index contributed by atoms with van der Waals surface area (Å²) in [6.45, 7) is 4.64. The predicted molar refractivity (Wildman–Crippen MR) is 89.3 cm³/mol. The van der Waals surface area contributed by atoms with Crippen LogP contribution in [-0.2, 0) is 11.3 Å². The molecule has 1 heterocycles. The van der Waals surface area contributed by atoms with Crippen molar-refractivity contribution in [1.29, 1.82) is 0 Å². The highest BCUT2D eigenvalue weighted by Crippen LogP contribution is 2.58. The number of carbonyl (C=O) groups is 1. The van der Waals surface area contributed by atoms with E-state index in [0.29, 0.717) is 13.2 Å². The van der Waals surface area contributed by atoms with E-state index >= 15 is 0 Å². The minimum atomic E-state index is -0.380. The van der Waals surface area contributed by atoms with E-state index in [-0.39, 0.29) is 41.2 Å². The molecule has 1 atom stereocenters. The molecule has 1 aromatic rings. The number of carbonyl (C=O) groups excluding carboxylic acids is 1. The summed E-state index contributed by atoms with van der Waals surface area (Å²) < 4.78 is 18.9. The van der Waals surface area contributed by atoms with Crippen LogP contribution in [0.3, 0.4) is 0 Å². The second kappa shape index (κ2) is 7.49. The number of rotatable bonds is 5. The van der Waals surface area contributed by atoms with Gasteiger partial charge in [-0.3, -0.25) is 4.79 Å². The maximum Gasteiger partial charge on any atom is 0.223 e. The number of amides is 1. The third-order valence-corrected chi connectivity index (χ3v) is 4.87. The zero-order chi connectivity index (χ0) is 15.6. The molecule has 0 bridgehead atoms. The SMILES string of the molecule is CCOc1ccc(CNC(=O)C2CC23CCNCC3)cc1F.Cl. The standard InChI is InChI=1S/C17H23FN2O2.ClH/c1-2-22-15-4-3-12(9-14(15)18)11-20-16(21)13-10-17(13)5-7-19-8-6-17;/h3-4,9,13,19H,2,5-8,10-11H2,1H3,(H,20,21);1H. The lowest BCUT2D eigenvalue weighted by Crippen LogP contribution is -2.33. The Balaban J connectivity index is 0.00000192. The molecule has 1 aliphatic carbocycles. The van der Waals surface area contributed by atoms with Gasteiger partial charge < -0.3 is 15.4 Å². The van der Waals surface area contributed by atoms with Crippen LogP contribution in [0.2, 0.25) is 0 Å². The second-order valence-electron chi connectivity index (χ2n) is 6.28. The number of benzene rings is 1. The van der Waals surface area contributed by atoms with Gasteiger partial charge in [0.25, 0.3) is 0 Å². The lowest BCUT2D eigenvalue weighted by molar-refractivity contribution is -0.123. The van der Waals surface area contributed by atoms with E-state index in [0.717, 1.165) is 37.9 Å². The molecule has 128 valence electrons. The minimum Gasteiger partial charge on any atom is -0.491 e. The van der Waals surface area contributed by atoms with E-state index in [1.807, 2.05) is 6.92 Å². The molecule has 1 aliphatic heterocycles. The Morgan fingerprint density at radius 3 is 2.83 bits per heavy atom. The molecule has 2 aliphatic rings. The molecule has 0 aromatic heterocycles. The Kier molecular flexibility index (Phi) is 5.87. The van der Waals surface area contributed by atoms with Crippen molar-refractivity contribution in [2.24, 2.45) is 11.3 Å². The molecule has 1 aromatic carbocycles. The third-order valence-electron chi connectivity index (χ3n) is 4.87. The van der Waals surface area contributed by atoms with Gasteiger partial charge in [-0.05, 0) is 62.4 Å². The summed E-state index contributed by atoms with van der Waals surface area (Å²) in [5, 5.41) is 6.28. The number of hydrogen-bond donors (Lipinski definition) is 2. The van der Waals surface area contributed by atoms with Crippen LogP contribution in [0.1, 0.15) is 31.7 Å². The first kappa shape index (κ1) is 18.0. The Morgan fingerprint density at radius 2 is 2.17 bits per heavy atom. The van der Waals surface area contributed by atoms with Crippen LogP contribution in [0.25, 0.3) is 0 Å². The first-order chi connectivity index (χ1) is 10.6. The molecule has 1 amide bonds. The van der Waals surface area contributed by atoms with Crippen LogP contribution in [-0.4, -0.2) is 25.6 Å². The highest BCUT2D eigenvalue weighted by molar-refractivity contribution is 5.85. The average molecular weight is 343 g/mol. The molecule has 1 saturated carbocycles. The number of piperidine rings is 1. The van der Waals surface area contributed by atoms with E-state index in [4.69, 9.17) is 4.74 Å². The highest BCUT2D eigenvalue weighted by Gasteiger charge is 2.57. The number of hydrogen-bond acceptors (Lipinski definition) is 3. The number of nitrogens with one attached hydrogen (secondary N) is 2. The Labute approximate surface area is 142 Å². The zero-order valence-electron chi connectivity index (χ0n) is 13.4. The summed E-state index contributed by atoms with van der Waals surface area (Å²) >= 11 is 0. The van der Waals surface area contributed by atoms with Crippen LogP contribution in [0, 0.1) is 17.2 Å². The summed E-state index contributed by atoms with van der Waals surface area (Å²) in [7, 11) is 0. The fourth-order valence-corrected chi connectivity index (χ4v) is 3.43. The fourth-order valence-electron chi connectivity index (χ4n) is 3.43. The van der Waals surface area contributed by atoms with Crippen molar-refractivity contribution >= 4 is 18.3 Å². The van der Waals surface area contributed by atoms with Crippen molar-refractivity contribution in [2.75, 3.05) is 19.7 Å². The van der Waals surface area contributed by atoms with E-state index in [9.17, 15) is 9.18 Å². The molecule has 4 nitrogen and oxygen atoms in total. The van der Waals surface area contributed by atoms with Crippen molar-refractivity contribution in [1.82, 2.24) is 10.6 Å². The number of ether oxygens (including phenoxy) is 1. The molecule has 6 heteroatoms. The third kappa shape index (κ3) is 3.96. The van der Waals surface area contributed by atoms with Crippen molar-refractivity contribution < 1.29 is 13.9 Å². The van der Waals surface area contributed by atoms with E-state index in [2.05, 4.69) is 10.6 Å². The highest BCUT2D eigenvalue weighted by atomic mass is 35.5. The van der Waals surface area contributed by atoms with Crippen LogP contribution in [0.15, 0.2) is 18.2 Å². The van der Waals surface area contributed by atoms with E-state index in [1.165, 1.54) is 6.07 Å². The topological polar surface area (TPSA) is 50.4 Å². The first-order valence-electron chi connectivity index (χ1n) is 8.04. The lowest BCUT2D eigenvalue weighted by Gasteiger charge is -2.23. The Hall–Kier alpha value is -1.33. The average Bonchev–Trinajstić information content (AvgIpc) is 3.21. The van der Waals surface area contributed by atoms with Crippen LogP contribution in [0.5, 0.6) is 5.75 Å². The summed E-state index contributed by atoms with van der Waals surface area (Å²) in [5.41, 5.74) is 0.994. The molecule has 3 rings (SSSR count). The van der Waals surface area contributed by atoms with Gasteiger partial charge in [-0.2, -0.15) is 0 Å². The van der Waals surface area contributed by atoms with Gasteiger partial charge in [0.1, 0.15) is 0 Å². The van der Waals surface area contributed by atoms with Crippen LogP contribution >= 0.6 is 12.4 Å². The summed E-state index contributed by atoms with van der Waals surface area (Å²) in [4.78, 5) is 12.3. The molecule has 0 radical (unpaired) electrons. The Bertz CT molecular complexity index is 562. The summed E-state index contributed by atoms with van der Waals surface area (Å²) in [6, 6.07) is 4.84. The van der Waals surface area contributed by atoms with Gasteiger partial charge in [0.05, 0.1) is 6.61 Å². The van der Waals surface area contributed by atoms with Gasteiger partial charge in [-0.25, -0.2) is 4.39 Å². The first-order valence-corrected chi connectivity index (χ1v) is 8.04. The fraction of sp³-hybridized carbons (Fsp3) is 0.588. The van der Waals surface area contributed by atoms with Crippen LogP contribution < -0.4 is 15.4 Å². The predicted octanol–water partition coefficient (Wildman–Crippen LogP) is 2.65. The quantitative estimate of drug-likeness (QED) is 0.865. The van der Waals surface area contributed by atoms with Crippen molar-refractivity contribution in [3.63, 3.8) is 0 Å². The largest absolute Gasteiger partial charge is 0.491 e. The van der Waals surface area contributed by atoms with E-state index < -0.39 is 0 Å². The second-order valence-corrected chi connectivity index (χ2v) is 6.28. The normalized spacial score (nSPS) is 21.4. The molecule has 2 fully saturated rings. The molecule has 1 unspecified atom stereocenters. The minimum absolute atomic E-state index is 0. The monoisotopic (exact) mass is 342 g/mol. The zero-order valence-corrected chi connectivity index (χ0v) is 14.2. The molecule has 1 saturated heterocycles. The summed E-state index contributed by atoms with van der Waals surface area (Å²) in [5.74, 6) is 0.126.